The third-order valence-electron chi connectivity index (χ3n) is 6.03. The molecule has 0 aliphatic heterocycles. The molecule has 0 saturated heterocycles. The van der Waals surface area contributed by atoms with E-state index in [0.29, 0.717) is 36.8 Å². The highest BCUT2D eigenvalue weighted by molar-refractivity contribution is 7.86. The van der Waals surface area contributed by atoms with Crippen LogP contribution < -0.4 is 10.5 Å². The van der Waals surface area contributed by atoms with Gasteiger partial charge in [0, 0.05) is 6.04 Å². The fraction of sp³-hybridized carbons (Fsp3) is 0.833. The van der Waals surface area contributed by atoms with Gasteiger partial charge in [-0.15, -0.1) is 0 Å². The number of hydrogen-bond donors (Lipinski definition) is 1. The molecule has 1 aromatic heterocycles. The minimum absolute atomic E-state index is 0.00889. The van der Waals surface area contributed by atoms with E-state index in [-0.39, 0.29) is 23.3 Å². The predicted molar refractivity (Wildman–Crippen MR) is 140 cm³/mol. The fourth-order valence-corrected chi connectivity index (χ4v) is 5.38. The number of aromatic nitrogens is 2. The first-order valence-electron chi connectivity index (χ1n) is 12.2. The SMILES string of the molecule is CC(C)C[C@@H](N)C(CCCC(OS(C)(=O)=O)c1ncc(OC(C)C)cn1)O[Si](C)(C)C(C)(C)C. The quantitative estimate of drug-likeness (QED) is 0.264. The topological polar surface area (TPSA) is 114 Å². The molecule has 0 spiro atoms. The van der Waals surface area contributed by atoms with E-state index in [1.54, 1.807) is 12.4 Å². The Morgan fingerprint density at radius 1 is 1.06 bits per heavy atom. The lowest BCUT2D eigenvalue weighted by Gasteiger charge is -2.41. The van der Waals surface area contributed by atoms with Gasteiger partial charge in [-0.2, -0.15) is 8.42 Å². The van der Waals surface area contributed by atoms with Crippen molar-refractivity contribution in [1.82, 2.24) is 9.97 Å². The van der Waals surface area contributed by atoms with E-state index in [2.05, 4.69) is 57.7 Å². The van der Waals surface area contributed by atoms with Crippen LogP contribution in [0.15, 0.2) is 12.4 Å². The molecule has 2 N–H and O–H groups in total. The monoisotopic (exact) mass is 517 g/mol. The van der Waals surface area contributed by atoms with Crippen LogP contribution in [0, 0.1) is 5.92 Å². The highest BCUT2D eigenvalue weighted by Crippen LogP contribution is 2.38. The van der Waals surface area contributed by atoms with E-state index >= 15 is 0 Å². The Hall–Kier alpha value is -1.07. The van der Waals surface area contributed by atoms with Crippen LogP contribution >= 0.6 is 0 Å². The minimum atomic E-state index is -3.69. The first-order valence-corrected chi connectivity index (χ1v) is 16.9. The van der Waals surface area contributed by atoms with Crippen LogP contribution in [0.25, 0.3) is 0 Å². The number of hydrogen-bond acceptors (Lipinski definition) is 8. The van der Waals surface area contributed by atoms with Gasteiger partial charge in [0.2, 0.25) is 0 Å². The van der Waals surface area contributed by atoms with Crippen LogP contribution in [0.2, 0.25) is 18.1 Å². The molecule has 2 unspecified atom stereocenters. The molecule has 34 heavy (non-hydrogen) atoms. The number of ether oxygens (including phenoxy) is 1. The molecule has 8 nitrogen and oxygen atoms in total. The van der Waals surface area contributed by atoms with Crippen LogP contribution in [0.1, 0.15) is 86.1 Å². The molecule has 1 heterocycles. The normalized spacial score (nSPS) is 16.0. The summed E-state index contributed by atoms with van der Waals surface area (Å²) in [5.74, 6) is 1.30. The van der Waals surface area contributed by atoms with Gasteiger partial charge in [-0.3, -0.25) is 4.18 Å². The Morgan fingerprint density at radius 3 is 2.06 bits per heavy atom. The summed E-state index contributed by atoms with van der Waals surface area (Å²) in [6, 6.07) is -0.0906. The molecule has 10 heteroatoms. The highest BCUT2D eigenvalue weighted by Gasteiger charge is 2.40. The van der Waals surface area contributed by atoms with Gasteiger partial charge in [0.15, 0.2) is 19.9 Å². The van der Waals surface area contributed by atoms with Gasteiger partial charge >= 0.3 is 0 Å². The van der Waals surface area contributed by atoms with Crippen molar-refractivity contribution >= 4 is 18.4 Å². The van der Waals surface area contributed by atoms with Crippen molar-refractivity contribution in [3.8, 4) is 5.75 Å². The third-order valence-corrected chi connectivity index (χ3v) is 11.1. The van der Waals surface area contributed by atoms with Gasteiger partial charge in [-0.05, 0) is 63.6 Å². The second-order valence-electron chi connectivity index (χ2n) is 11.4. The molecule has 0 radical (unpaired) electrons. The summed E-state index contributed by atoms with van der Waals surface area (Å²) in [4.78, 5) is 8.61. The first-order chi connectivity index (χ1) is 15.4. The van der Waals surface area contributed by atoms with Crippen molar-refractivity contribution in [2.45, 2.75) is 117 Å². The summed E-state index contributed by atoms with van der Waals surface area (Å²) < 4.78 is 41.5. The summed E-state index contributed by atoms with van der Waals surface area (Å²) in [6.45, 7) is 19.2. The van der Waals surface area contributed by atoms with Crippen LogP contribution in [-0.2, 0) is 18.7 Å². The van der Waals surface area contributed by atoms with E-state index in [4.69, 9.17) is 19.1 Å². The zero-order valence-corrected chi connectivity index (χ0v) is 24.6. The summed E-state index contributed by atoms with van der Waals surface area (Å²) >= 11 is 0. The predicted octanol–water partition coefficient (Wildman–Crippen LogP) is 5.22. The van der Waals surface area contributed by atoms with Crippen LogP contribution in [0.4, 0.5) is 0 Å². The summed E-state index contributed by atoms with van der Waals surface area (Å²) in [5, 5.41) is 0.0678. The molecule has 0 aliphatic carbocycles. The van der Waals surface area contributed by atoms with Crippen LogP contribution in [0.5, 0.6) is 5.75 Å². The summed E-state index contributed by atoms with van der Waals surface area (Å²) in [6.07, 6.45) is 5.90. The van der Waals surface area contributed by atoms with Gasteiger partial charge in [0.25, 0.3) is 10.1 Å². The van der Waals surface area contributed by atoms with Gasteiger partial charge < -0.3 is 14.9 Å². The average molecular weight is 518 g/mol. The average Bonchev–Trinajstić information content (AvgIpc) is 2.64. The molecule has 0 aromatic carbocycles. The van der Waals surface area contributed by atoms with Gasteiger partial charge in [-0.25, -0.2) is 9.97 Å². The maximum atomic E-state index is 11.9. The smallest absolute Gasteiger partial charge is 0.265 e. The van der Waals surface area contributed by atoms with E-state index < -0.39 is 24.5 Å². The first kappa shape index (κ1) is 31.0. The fourth-order valence-electron chi connectivity index (χ4n) is 3.37. The van der Waals surface area contributed by atoms with Gasteiger partial charge in [0.1, 0.15) is 6.10 Å². The van der Waals surface area contributed by atoms with E-state index in [0.717, 1.165) is 12.7 Å². The lowest BCUT2D eigenvalue weighted by atomic mass is 9.96. The lowest BCUT2D eigenvalue weighted by molar-refractivity contribution is 0.121. The molecule has 0 fully saturated rings. The zero-order chi connectivity index (χ0) is 26.3. The molecule has 0 aliphatic rings. The number of rotatable bonds is 14. The molecule has 1 rings (SSSR count). The number of nitrogens with two attached hydrogens (primary N) is 1. The Labute approximate surface area is 208 Å². The molecule has 0 amide bonds. The Kier molecular flexibility index (Phi) is 11.6. The van der Waals surface area contributed by atoms with Gasteiger partial charge in [-0.1, -0.05) is 34.6 Å². The third kappa shape index (κ3) is 11.1. The Bertz CT molecular complexity index is 839. The molecular formula is C24H47N3O5SSi. The zero-order valence-electron chi connectivity index (χ0n) is 22.8. The molecule has 0 saturated carbocycles. The molecule has 3 atom stereocenters. The van der Waals surface area contributed by atoms with Crippen LogP contribution in [0.3, 0.4) is 0 Å². The lowest BCUT2D eigenvalue weighted by Crippen LogP contribution is -2.49. The van der Waals surface area contributed by atoms with E-state index in [1.807, 2.05) is 13.8 Å². The molecule has 0 bridgehead atoms. The molecule has 198 valence electrons. The Balaban J connectivity index is 2.99. The Morgan fingerprint density at radius 2 is 1.62 bits per heavy atom. The largest absolute Gasteiger partial charge is 0.488 e. The van der Waals surface area contributed by atoms with Crippen molar-refractivity contribution in [3.05, 3.63) is 18.2 Å². The second-order valence-corrected chi connectivity index (χ2v) is 17.7. The number of nitrogens with zero attached hydrogens (tertiary/aromatic N) is 2. The van der Waals surface area contributed by atoms with Gasteiger partial charge in [0.05, 0.1) is 30.9 Å². The van der Waals surface area contributed by atoms with Crippen molar-refractivity contribution in [2.24, 2.45) is 11.7 Å². The molecule has 1 aromatic rings. The van der Waals surface area contributed by atoms with Crippen molar-refractivity contribution < 1.29 is 21.8 Å². The van der Waals surface area contributed by atoms with Crippen molar-refractivity contribution in [2.75, 3.05) is 6.26 Å². The van der Waals surface area contributed by atoms with E-state index in [1.165, 1.54) is 0 Å². The highest BCUT2D eigenvalue weighted by atomic mass is 32.2. The summed E-state index contributed by atoms with van der Waals surface area (Å²) in [5.41, 5.74) is 6.59. The second kappa shape index (κ2) is 12.8. The maximum absolute atomic E-state index is 11.9. The van der Waals surface area contributed by atoms with Crippen molar-refractivity contribution in [1.29, 1.82) is 0 Å². The minimum Gasteiger partial charge on any atom is -0.488 e. The van der Waals surface area contributed by atoms with E-state index in [9.17, 15) is 8.42 Å². The van der Waals surface area contributed by atoms with Crippen LogP contribution in [-0.4, -0.2) is 51.2 Å². The maximum Gasteiger partial charge on any atom is 0.265 e. The standard InChI is InChI=1S/C24H47N3O5SSi/c1-17(2)14-20(25)21(32-34(9,10)24(5,6)7)12-11-13-22(31-33(8,28)29)23-26-15-19(16-27-23)30-18(3)4/h15-18,20-22H,11-14,25H2,1-10H3/t20-,21?,22?/m1/s1. The molecular weight excluding hydrogens is 470 g/mol. The van der Waals surface area contributed by atoms with Crippen molar-refractivity contribution in [3.63, 3.8) is 0 Å². The summed E-state index contributed by atoms with van der Waals surface area (Å²) in [7, 11) is -5.72.